The number of hydrogen-bond acceptors (Lipinski definition) is 5. The van der Waals surface area contributed by atoms with Crippen LogP contribution in [0.2, 0.25) is 0 Å². The van der Waals surface area contributed by atoms with Crippen LogP contribution in [-0.2, 0) is 9.53 Å². The fourth-order valence-corrected chi connectivity index (χ4v) is 0.780. The van der Waals surface area contributed by atoms with E-state index in [0.717, 1.165) is 0 Å². The molecule has 0 saturated carbocycles. The van der Waals surface area contributed by atoms with Gasteiger partial charge in [-0.15, -0.1) is 0 Å². The molecule has 0 aromatic carbocycles. The first-order chi connectivity index (χ1) is 7.26. The Bertz CT molecular complexity index is 389. The summed E-state index contributed by atoms with van der Waals surface area (Å²) in [6, 6.07) is 5.85. The molecule has 0 fully saturated rings. The molecule has 5 heteroatoms. The van der Waals surface area contributed by atoms with Crippen LogP contribution in [0.1, 0.15) is 0 Å². The number of aromatic nitrogens is 1. The first kappa shape index (κ1) is 10.9. The number of nitrogens with zero attached hydrogens (tertiary/aromatic N) is 1. The molecule has 78 valence electrons. The van der Waals surface area contributed by atoms with Crippen molar-refractivity contribution in [3.63, 3.8) is 0 Å². The second kappa shape index (κ2) is 5.50. The number of carbonyl (C=O) groups is 1. The van der Waals surface area contributed by atoms with Crippen LogP contribution in [0.4, 0.5) is 5.69 Å². The molecule has 0 radical (unpaired) electrons. The van der Waals surface area contributed by atoms with Gasteiger partial charge in [0.15, 0.2) is 0 Å². The quantitative estimate of drug-likeness (QED) is 0.437. The van der Waals surface area contributed by atoms with Gasteiger partial charge < -0.3 is 14.8 Å². The number of carbonyl (C=O) groups excluding carboxylic acids is 1. The fourth-order valence-electron chi connectivity index (χ4n) is 0.780. The minimum absolute atomic E-state index is 0.515. The van der Waals surface area contributed by atoms with Gasteiger partial charge in [-0.25, -0.2) is 9.78 Å². The molecule has 0 saturated heterocycles. The molecule has 0 spiro atoms. The smallest absolute Gasteiger partial charge is 0.385 e. The average Bonchev–Trinajstić information content (AvgIpc) is 2.29. The fraction of sp³-hybridized carbons (Fsp3) is 0.200. The maximum atomic E-state index is 10.6. The topological polar surface area (TPSA) is 60.5 Å². The van der Waals surface area contributed by atoms with Gasteiger partial charge in [0.2, 0.25) is 5.88 Å². The summed E-state index contributed by atoms with van der Waals surface area (Å²) in [7, 11) is 2.80. The predicted octanol–water partition coefficient (Wildman–Crippen LogP) is 0.636. The van der Waals surface area contributed by atoms with Gasteiger partial charge >= 0.3 is 5.97 Å². The lowest BCUT2D eigenvalue weighted by Gasteiger charge is -1.99. The number of hydrogen-bond donors (Lipinski definition) is 1. The number of esters is 1. The van der Waals surface area contributed by atoms with Crippen LogP contribution in [-0.4, -0.2) is 25.2 Å². The lowest BCUT2D eigenvalue weighted by molar-refractivity contribution is -0.133. The summed E-state index contributed by atoms with van der Waals surface area (Å²) in [5.41, 5.74) is 0.673. The second-order valence-electron chi connectivity index (χ2n) is 2.46. The Morgan fingerprint density at radius 1 is 1.47 bits per heavy atom. The van der Waals surface area contributed by atoms with Crippen LogP contribution in [0.5, 0.6) is 5.88 Å². The Balaban J connectivity index is 2.57. The van der Waals surface area contributed by atoms with Crippen molar-refractivity contribution in [2.45, 2.75) is 0 Å². The summed E-state index contributed by atoms with van der Waals surface area (Å²) in [6.07, 6.45) is 1.55. The molecule has 15 heavy (non-hydrogen) atoms. The van der Waals surface area contributed by atoms with Crippen molar-refractivity contribution in [1.82, 2.24) is 4.98 Å². The third-order valence-electron chi connectivity index (χ3n) is 1.50. The Kier molecular flexibility index (Phi) is 3.98. The minimum Gasteiger partial charge on any atom is -0.481 e. The summed E-state index contributed by atoms with van der Waals surface area (Å²) < 4.78 is 9.22. The van der Waals surface area contributed by atoms with Crippen LogP contribution in [0.25, 0.3) is 0 Å². The Morgan fingerprint density at radius 2 is 2.27 bits per heavy atom. The highest BCUT2D eigenvalue weighted by Crippen LogP contribution is 2.09. The number of ether oxygens (including phenoxy) is 2. The van der Waals surface area contributed by atoms with Crippen LogP contribution >= 0.6 is 0 Å². The summed E-state index contributed by atoms with van der Waals surface area (Å²) in [4.78, 5) is 14.6. The van der Waals surface area contributed by atoms with Crippen molar-refractivity contribution in [2.75, 3.05) is 19.5 Å². The standard InChI is InChI=1S/C10H10N2O3/c1-14-9-4-3-8(7-12-9)11-6-5-10(13)15-2/h3-4,7,11H,1-2H3. The van der Waals surface area contributed by atoms with Crippen LogP contribution < -0.4 is 10.1 Å². The highest BCUT2D eigenvalue weighted by molar-refractivity contribution is 5.88. The molecule has 0 aliphatic rings. The largest absolute Gasteiger partial charge is 0.481 e. The molecule has 1 heterocycles. The number of pyridine rings is 1. The molecule has 0 atom stereocenters. The monoisotopic (exact) mass is 206 g/mol. The van der Waals surface area contributed by atoms with Gasteiger partial charge in [0.1, 0.15) is 0 Å². The van der Waals surface area contributed by atoms with Crippen molar-refractivity contribution >= 4 is 11.7 Å². The molecule has 1 N–H and O–H groups in total. The van der Waals surface area contributed by atoms with Gasteiger partial charge in [-0.2, -0.15) is 0 Å². The lowest BCUT2D eigenvalue weighted by Crippen LogP contribution is -1.97. The van der Waals surface area contributed by atoms with Crippen LogP contribution in [0.3, 0.4) is 0 Å². The zero-order chi connectivity index (χ0) is 11.1. The van der Waals surface area contributed by atoms with Crippen molar-refractivity contribution in [2.24, 2.45) is 0 Å². The van der Waals surface area contributed by atoms with Crippen molar-refractivity contribution < 1.29 is 14.3 Å². The summed E-state index contributed by atoms with van der Waals surface area (Å²) in [5.74, 6) is 2.15. The van der Waals surface area contributed by atoms with E-state index in [9.17, 15) is 4.79 Å². The third-order valence-corrected chi connectivity index (χ3v) is 1.50. The van der Waals surface area contributed by atoms with Gasteiger partial charge in [-0.05, 0) is 6.07 Å². The zero-order valence-corrected chi connectivity index (χ0v) is 8.40. The Morgan fingerprint density at radius 3 is 2.80 bits per heavy atom. The third kappa shape index (κ3) is 3.56. The van der Waals surface area contributed by atoms with E-state index >= 15 is 0 Å². The van der Waals surface area contributed by atoms with E-state index in [1.165, 1.54) is 14.2 Å². The summed E-state index contributed by atoms with van der Waals surface area (Å²) in [6.45, 7) is 0. The van der Waals surface area contributed by atoms with Crippen molar-refractivity contribution in [1.29, 1.82) is 0 Å². The minimum atomic E-state index is -0.594. The Hall–Kier alpha value is -2.22. The molecule has 1 aromatic heterocycles. The lowest BCUT2D eigenvalue weighted by atomic mass is 10.4. The number of methoxy groups -OCH3 is 2. The second-order valence-corrected chi connectivity index (χ2v) is 2.46. The average molecular weight is 206 g/mol. The maximum Gasteiger partial charge on any atom is 0.385 e. The van der Waals surface area contributed by atoms with E-state index in [-0.39, 0.29) is 0 Å². The SMILES string of the molecule is COC(=O)C#CNc1ccc(OC)nc1. The van der Waals surface area contributed by atoms with Gasteiger partial charge in [-0.3, -0.25) is 0 Å². The van der Waals surface area contributed by atoms with Gasteiger partial charge in [-0.1, -0.05) is 0 Å². The predicted molar refractivity (Wildman–Crippen MR) is 54.2 cm³/mol. The van der Waals surface area contributed by atoms with Gasteiger partial charge in [0, 0.05) is 18.0 Å². The number of anilines is 1. The molecule has 5 nitrogen and oxygen atoms in total. The van der Waals surface area contributed by atoms with Crippen molar-refractivity contribution in [3.8, 4) is 17.8 Å². The van der Waals surface area contributed by atoms with Crippen molar-refractivity contribution in [3.05, 3.63) is 18.3 Å². The first-order valence-corrected chi connectivity index (χ1v) is 4.11. The molecule has 0 unspecified atom stereocenters. The summed E-state index contributed by atoms with van der Waals surface area (Å²) in [5, 5.41) is 2.68. The molecular weight excluding hydrogens is 196 g/mol. The zero-order valence-electron chi connectivity index (χ0n) is 8.40. The molecule has 0 aliphatic heterocycles. The Labute approximate surface area is 87.4 Å². The van der Waals surface area contributed by atoms with Gasteiger partial charge in [0.05, 0.1) is 26.1 Å². The highest BCUT2D eigenvalue weighted by atomic mass is 16.5. The molecular formula is C10H10N2O3. The number of rotatable bonds is 2. The summed E-state index contributed by atoms with van der Waals surface area (Å²) >= 11 is 0. The van der Waals surface area contributed by atoms with E-state index in [1.807, 2.05) is 0 Å². The normalized spacial score (nSPS) is 8.40. The van der Waals surface area contributed by atoms with E-state index in [1.54, 1.807) is 18.3 Å². The molecule has 1 aromatic rings. The molecule has 0 aliphatic carbocycles. The first-order valence-electron chi connectivity index (χ1n) is 4.11. The van der Waals surface area contributed by atoms with Gasteiger partial charge in [0.25, 0.3) is 0 Å². The maximum absolute atomic E-state index is 10.6. The van der Waals surface area contributed by atoms with E-state index in [4.69, 9.17) is 4.74 Å². The van der Waals surface area contributed by atoms with Crippen LogP contribution in [0.15, 0.2) is 18.3 Å². The van der Waals surface area contributed by atoms with Crippen LogP contribution in [0, 0.1) is 12.0 Å². The molecule has 1 rings (SSSR count). The number of nitrogens with one attached hydrogen (secondary N) is 1. The van der Waals surface area contributed by atoms with E-state index < -0.39 is 5.97 Å². The van der Waals surface area contributed by atoms with E-state index in [2.05, 4.69) is 27.0 Å². The highest BCUT2D eigenvalue weighted by Gasteiger charge is 1.93. The van der Waals surface area contributed by atoms with E-state index in [0.29, 0.717) is 11.6 Å². The molecule has 0 amide bonds. The molecule has 0 bridgehead atoms.